The van der Waals surface area contributed by atoms with Crippen LogP contribution in [0.15, 0.2) is 57.7 Å². The molecule has 164 valence electrons. The molecule has 0 bridgehead atoms. The van der Waals surface area contributed by atoms with Gasteiger partial charge >= 0.3 is 0 Å². The van der Waals surface area contributed by atoms with Gasteiger partial charge in [0.25, 0.3) is 5.91 Å². The van der Waals surface area contributed by atoms with Crippen LogP contribution in [-0.2, 0) is 0 Å². The Labute approximate surface area is 194 Å². The highest BCUT2D eigenvalue weighted by Gasteiger charge is 2.20. The molecule has 2 aliphatic rings. The van der Waals surface area contributed by atoms with E-state index >= 15 is 0 Å². The Morgan fingerprint density at radius 1 is 1.06 bits per heavy atom. The van der Waals surface area contributed by atoms with E-state index in [2.05, 4.69) is 19.2 Å². The minimum absolute atomic E-state index is 0.0688. The molecule has 0 fully saturated rings. The number of benzene rings is 3. The Hall–Kier alpha value is -3.02. The quantitative estimate of drug-likeness (QED) is 0.333. The van der Waals surface area contributed by atoms with Gasteiger partial charge in [-0.15, -0.1) is 0 Å². The van der Waals surface area contributed by atoms with Gasteiger partial charge in [0, 0.05) is 40.8 Å². The van der Waals surface area contributed by atoms with Gasteiger partial charge in [-0.05, 0) is 42.2 Å². The zero-order chi connectivity index (χ0) is 23.0. The molecule has 0 spiro atoms. The van der Waals surface area contributed by atoms with E-state index in [-0.39, 0.29) is 27.1 Å². The number of fused-ring (bicyclic) bond motifs is 2. The van der Waals surface area contributed by atoms with Crippen LogP contribution in [0.5, 0.6) is 5.75 Å². The molecule has 0 unspecified atom stereocenters. The molecule has 0 saturated carbocycles. The van der Waals surface area contributed by atoms with E-state index in [0.29, 0.717) is 40.3 Å². The molecule has 0 aromatic heterocycles. The van der Waals surface area contributed by atoms with Crippen molar-refractivity contribution in [2.24, 2.45) is 5.92 Å². The van der Waals surface area contributed by atoms with Crippen LogP contribution in [0.25, 0.3) is 33.4 Å². The average Bonchev–Trinajstić information content (AvgIpc) is 2.74. The summed E-state index contributed by atoms with van der Waals surface area (Å²) in [7, 11) is 0. The van der Waals surface area contributed by atoms with Gasteiger partial charge in [-0.2, -0.15) is 0 Å². The first kappa shape index (κ1) is 22.2. The maximum atomic E-state index is 12.4. The first-order valence-electron chi connectivity index (χ1n) is 10.2. The summed E-state index contributed by atoms with van der Waals surface area (Å²) in [5, 5.41) is 13.8. The van der Waals surface area contributed by atoms with Gasteiger partial charge in [0.15, 0.2) is 0 Å². The topological polar surface area (TPSA) is 79.5 Å². The van der Waals surface area contributed by atoms with Gasteiger partial charge in [0.05, 0.1) is 10.0 Å². The van der Waals surface area contributed by atoms with E-state index in [4.69, 9.17) is 27.6 Å². The number of amides is 1. The standard InChI is InChI=1S/C25H21Cl2NO4/c1-13(2)7-8-28-25(31)15-5-3-14(4-6-15)24-16-9-18(26)20(29)11-22(16)32-23-12-21(30)19(27)10-17(23)24/h3-6,9-13,29H,7-8H2,1-2H3,(H,28,31). The Bertz CT molecular complexity index is 1340. The lowest BCUT2D eigenvalue weighted by molar-refractivity contribution is 0.0952. The molecule has 7 heteroatoms. The molecule has 1 aliphatic heterocycles. The zero-order valence-corrected chi connectivity index (χ0v) is 19.1. The fourth-order valence-corrected chi connectivity index (χ4v) is 3.90. The van der Waals surface area contributed by atoms with Crippen LogP contribution in [0.2, 0.25) is 10.0 Å². The van der Waals surface area contributed by atoms with Crippen LogP contribution in [-0.4, -0.2) is 17.6 Å². The average molecular weight is 470 g/mol. The lowest BCUT2D eigenvalue weighted by Gasteiger charge is -2.16. The Balaban J connectivity index is 1.84. The fraction of sp³-hybridized carbons (Fsp3) is 0.200. The molecule has 1 aliphatic carbocycles. The number of phenols is 1. The van der Waals surface area contributed by atoms with E-state index in [0.717, 1.165) is 17.5 Å². The van der Waals surface area contributed by atoms with Gasteiger partial charge in [0.2, 0.25) is 5.43 Å². The maximum Gasteiger partial charge on any atom is 0.251 e. The van der Waals surface area contributed by atoms with Crippen molar-refractivity contribution >= 4 is 40.1 Å². The molecule has 2 aromatic carbocycles. The smallest absolute Gasteiger partial charge is 0.251 e. The van der Waals surface area contributed by atoms with E-state index < -0.39 is 0 Å². The molecule has 4 rings (SSSR count). The van der Waals surface area contributed by atoms with Gasteiger partial charge in [-0.25, -0.2) is 0 Å². The first-order chi connectivity index (χ1) is 15.2. The van der Waals surface area contributed by atoms with Crippen LogP contribution in [0.4, 0.5) is 0 Å². The van der Waals surface area contributed by atoms with E-state index in [1.54, 1.807) is 24.3 Å². The Kier molecular flexibility index (Phi) is 6.13. The van der Waals surface area contributed by atoms with Gasteiger partial charge in [0.1, 0.15) is 17.1 Å². The minimum atomic E-state index is -0.361. The van der Waals surface area contributed by atoms with E-state index in [1.165, 1.54) is 12.1 Å². The number of halogens is 2. The highest BCUT2D eigenvalue weighted by atomic mass is 35.5. The highest BCUT2D eigenvalue weighted by Crippen LogP contribution is 2.43. The number of phenolic OH excluding ortho intramolecular Hbond substituents is 1. The first-order valence-corrected chi connectivity index (χ1v) is 11.0. The number of hydrogen-bond donors (Lipinski definition) is 2. The molecular formula is C25H21Cl2NO4. The molecule has 2 N–H and O–H groups in total. The van der Waals surface area contributed by atoms with Crippen molar-refractivity contribution in [2.45, 2.75) is 20.3 Å². The molecule has 5 nitrogen and oxygen atoms in total. The number of nitrogens with one attached hydrogen (secondary N) is 1. The second kappa shape index (κ2) is 8.85. The van der Waals surface area contributed by atoms with Gasteiger partial charge < -0.3 is 14.8 Å². The van der Waals surface area contributed by atoms with Crippen LogP contribution >= 0.6 is 23.2 Å². The van der Waals surface area contributed by atoms with Crippen molar-refractivity contribution in [3.63, 3.8) is 0 Å². The number of aromatic hydroxyl groups is 1. The molecule has 2 aromatic rings. The number of carbonyl (C=O) groups excluding carboxylic acids is 1. The molecule has 0 saturated heterocycles. The van der Waals surface area contributed by atoms with Crippen LogP contribution in [0, 0.1) is 5.92 Å². The number of rotatable bonds is 5. The SMILES string of the molecule is CC(C)CCNC(=O)c1ccc(-c2c3cc(Cl)c(=O)cc-3oc3cc(O)c(Cl)cc23)cc1. The summed E-state index contributed by atoms with van der Waals surface area (Å²) in [6.45, 7) is 4.83. The minimum Gasteiger partial charge on any atom is -0.506 e. The van der Waals surface area contributed by atoms with Crippen molar-refractivity contribution in [3.8, 4) is 28.2 Å². The predicted molar refractivity (Wildman–Crippen MR) is 128 cm³/mol. The van der Waals surface area contributed by atoms with Crippen molar-refractivity contribution in [1.82, 2.24) is 5.32 Å². The molecule has 32 heavy (non-hydrogen) atoms. The molecular weight excluding hydrogens is 449 g/mol. The second-order valence-electron chi connectivity index (χ2n) is 8.07. The summed E-state index contributed by atoms with van der Waals surface area (Å²) in [6.07, 6.45) is 0.908. The number of carbonyl (C=O) groups is 1. The normalized spacial score (nSPS) is 11.4. The maximum absolute atomic E-state index is 12.4. The van der Waals surface area contributed by atoms with Crippen molar-refractivity contribution in [1.29, 1.82) is 0 Å². The largest absolute Gasteiger partial charge is 0.506 e. The third-order valence-corrected chi connectivity index (χ3v) is 5.88. The molecule has 0 radical (unpaired) electrons. The lowest BCUT2D eigenvalue weighted by Crippen LogP contribution is -2.25. The predicted octanol–water partition coefficient (Wildman–Crippen LogP) is 6.35. The van der Waals surface area contributed by atoms with Gasteiger partial charge in [-0.3, -0.25) is 9.59 Å². The highest BCUT2D eigenvalue weighted by molar-refractivity contribution is 6.33. The summed E-state index contributed by atoms with van der Waals surface area (Å²) >= 11 is 12.3. The molecule has 1 heterocycles. The third kappa shape index (κ3) is 4.31. The van der Waals surface area contributed by atoms with Crippen LogP contribution in [0.1, 0.15) is 30.6 Å². The summed E-state index contributed by atoms with van der Waals surface area (Å²) in [5.74, 6) is 0.578. The Morgan fingerprint density at radius 2 is 1.78 bits per heavy atom. The molecule has 0 atom stereocenters. The molecule has 1 amide bonds. The summed E-state index contributed by atoms with van der Waals surface area (Å²) in [5.41, 5.74) is 2.69. The monoisotopic (exact) mass is 469 g/mol. The van der Waals surface area contributed by atoms with E-state index in [1.807, 2.05) is 12.1 Å². The summed E-state index contributed by atoms with van der Waals surface area (Å²) in [6, 6.07) is 13.0. The second-order valence-corrected chi connectivity index (χ2v) is 8.89. The summed E-state index contributed by atoms with van der Waals surface area (Å²) in [4.78, 5) is 24.5. The summed E-state index contributed by atoms with van der Waals surface area (Å²) < 4.78 is 5.86. The zero-order valence-electron chi connectivity index (χ0n) is 17.5. The van der Waals surface area contributed by atoms with E-state index in [9.17, 15) is 14.7 Å². The van der Waals surface area contributed by atoms with Crippen LogP contribution in [0.3, 0.4) is 0 Å². The van der Waals surface area contributed by atoms with Crippen molar-refractivity contribution in [2.75, 3.05) is 6.54 Å². The van der Waals surface area contributed by atoms with Crippen LogP contribution < -0.4 is 10.7 Å². The fourth-order valence-electron chi connectivity index (χ4n) is 3.58. The van der Waals surface area contributed by atoms with Gasteiger partial charge in [-0.1, -0.05) is 49.2 Å². The van der Waals surface area contributed by atoms with Crippen molar-refractivity contribution in [3.05, 3.63) is 74.4 Å². The lowest BCUT2D eigenvalue weighted by atomic mass is 9.93. The number of hydrogen-bond acceptors (Lipinski definition) is 4. The Morgan fingerprint density at radius 3 is 2.47 bits per heavy atom. The van der Waals surface area contributed by atoms with Crippen molar-refractivity contribution < 1.29 is 14.3 Å². The third-order valence-electron chi connectivity index (χ3n) is 5.28.